The van der Waals surface area contributed by atoms with Crippen molar-refractivity contribution in [1.82, 2.24) is 5.32 Å². The van der Waals surface area contributed by atoms with E-state index in [4.69, 9.17) is 14.2 Å². The highest BCUT2D eigenvalue weighted by molar-refractivity contribution is 5.77. The summed E-state index contributed by atoms with van der Waals surface area (Å²) >= 11 is 0. The number of methoxy groups -OCH3 is 2. The zero-order valence-electron chi connectivity index (χ0n) is 16.7. The Balaban J connectivity index is 1.87. The average molecular weight is 363 g/mol. The molecule has 146 valence electrons. The maximum absolute atomic E-state index is 12.3. The minimum absolute atomic E-state index is 0.101. The molecule has 0 aliphatic heterocycles. The van der Waals surface area contributed by atoms with Crippen LogP contribution in [0.1, 0.15) is 45.6 Å². The molecule has 0 spiro atoms. The van der Waals surface area contributed by atoms with E-state index in [0.29, 0.717) is 24.3 Å². The fraction of sp³-hybridized carbons (Fsp3) is 0.667. The van der Waals surface area contributed by atoms with Crippen LogP contribution >= 0.6 is 0 Å². The lowest BCUT2D eigenvalue weighted by Crippen LogP contribution is -2.37. The third kappa shape index (κ3) is 5.63. The van der Waals surface area contributed by atoms with Crippen molar-refractivity contribution in [2.45, 2.75) is 52.7 Å². The largest absolute Gasteiger partial charge is 0.497 e. The smallest absolute Gasteiger partial charge is 0.246 e. The predicted octanol–water partition coefficient (Wildman–Crippen LogP) is 3.80. The molecule has 1 aliphatic carbocycles. The number of carbonyl (C=O) groups is 1. The molecule has 1 aliphatic rings. The summed E-state index contributed by atoms with van der Waals surface area (Å²) in [5.41, 5.74) is 0.881. The van der Waals surface area contributed by atoms with Gasteiger partial charge < -0.3 is 19.5 Å². The molecular weight excluding hydrogens is 330 g/mol. The lowest BCUT2D eigenvalue weighted by molar-refractivity contribution is -0.131. The molecule has 0 aromatic heterocycles. The van der Waals surface area contributed by atoms with Crippen molar-refractivity contribution in [3.63, 3.8) is 0 Å². The Hall–Kier alpha value is -1.75. The summed E-state index contributed by atoms with van der Waals surface area (Å²) in [4.78, 5) is 12.3. The third-order valence-corrected chi connectivity index (χ3v) is 5.35. The Morgan fingerprint density at radius 3 is 2.65 bits per heavy atom. The van der Waals surface area contributed by atoms with Gasteiger partial charge in [-0.15, -0.1) is 0 Å². The normalized spacial score (nSPS) is 22.9. The van der Waals surface area contributed by atoms with E-state index >= 15 is 0 Å². The lowest BCUT2D eigenvalue weighted by atomic mass is 9.75. The number of carbonyl (C=O) groups excluding carboxylic acids is 1. The second kappa shape index (κ2) is 9.81. The van der Waals surface area contributed by atoms with Gasteiger partial charge in [0.1, 0.15) is 18.1 Å². The highest BCUT2D eigenvalue weighted by atomic mass is 16.5. The zero-order chi connectivity index (χ0) is 19.1. The van der Waals surface area contributed by atoms with E-state index in [9.17, 15) is 4.79 Å². The number of rotatable bonds is 8. The summed E-state index contributed by atoms with van der Waals surface area (Å²) in [6.45, 7) is 7.24. The quantitative estimate of drug-likeness (QED) is 0.763. The van der Waals surface area contributed by atoms with Crippen molar-refractivity contribution < 1.29 is 19.0 Å². The van der Waals surface area contributed by atoms with Crippen LogP contribution in [0.2, 0.25) is 0 Å². The number of hydrogen-bond donors (Lipinski definition) is 1. The molecular formula is C21H33NO4. The van der Waals surface area contributed by atoms with Gasteiger partial charge in [-0.3, -0.25) is 4.79 Å². The molecule has 1 N–H and O–H groups in total. The molecule has 0 radical (unpaired) electrons. The molecule has 0 heterocycles. The van der Waals surface area contributed by atoms with Crippen molar-refractivity contribution in [3.05, 3.63) is 23.8 Å². The van der Waals surface area contributed by atoms with Gasteiger partial charge in [0, 0.05) is 12.1 Å². The minimum atomic E-state index is -0.101. The molecule has 0 saturated heterocycles. The predicted molar refractivity (Wildman–Crippen MR) is 102 cm³/mol. The Kier molecular flexibility index (Phi) is 7.76. The van der Waals surface area contributed by atoms with Gasteiger partial charge in [-0.05, 0) is 48.8 Å². The van der Waals surface area contributed by atoms with Crippen LogP contribution in [-0.4, -0.2) is 32.8 Å². The molecule has 0 bridgehead atoms. The number of ether oxygens (including phenoxy) is 3. The topological polar surface area (TPSA) is 56.8 Å². The highest BCUT2D eigenvalue weighted by Crippen LogP contribution is 2.35. The summed E-state index contributed by atoms with van der Waals surface area (Å²) in [5, 5.41) is 2.92. The lowest BCUT2D eigenvalue weighted by Gasteiger charge is -2.37. The number of nitrogens with one attached hydrogen (secondary N) is 1. The SMILES string of the molecule is COc1ccc(OC)c(CNC(=O)CO[C@@H]2C[C@H](C)CC[C@H]2C(C)C)c1. The van der Waals surface area contributed by atoms with Crippen LogP contribution in [0.25, 0.3) is 0 Å². The van der Waals surface area contributed by atoms with E-state index < -0.39 is 0 Å². The third-order valence-electron chi connectivity index (χ3n) is 5.35. The Morgan fingerprint density at radius 2 is 2.00 bits per heavy atom. The van der Waals surface area contributed by atoms with Crippen LogP contribution in [0.4, 0.5) is 0 Å². The summed E-state index contributed by atoms with van der Waals surface area (Å²) in [6.07, 6.45) is 3.66. The molecule has 5 heteroatoms. The van der Waals surface area contributed by atoms with Crippen molar-refractivity contribution in [2.75, 3.05) is 20.8 Å². The van der Waals surface area contributed by atoms with Gasteiger partial charge in [-0.25, -0.2) is 0 Å². The standard InChI is InChI=1S/C21H33NO4/c1-14(2)18-8-6-15(3)10-20(18)26-13-21(23)22-12-16-11-17(24-4)7-9-19(16)25-5/h7,9,11,14-15,18,20H,6,8,10,12-13H2,1-5H3,(H,22,23)/t15-,18+,20-/m1/s1. The molecule has 0 unspecified atom stereocenters. The first-order valence-corrected chi connectivity index (χ1v) is 9.53. The fourth-order valence-electron chi connectivity index (χ4n) is 3.75. The maximum Gasteiger partial charge on any atom is 0.246 e. The van der Waals surface area contributed by atoms with Crippen molar-refractivity contribution in [1.29, 1.82) is 0 Å². The molecule has 1 aromatic rings. The highest BCUT2D eigenvalue weighted by Gasteiger charge is 2.31. The molecule has 26 heavy (non-hydrogen) atoms. The van der Waals surface area contributed by atoms with Crippen LogP contribution in [0.5, 0.6) is 11.5 Å². The first-order chi connectivity index (χ1) is 12.4. The van der Waals surface area contributed by atoms with Gasteiger partial charge >= 0.3 is 0 Å². The first kappa shape index (κ1) is 20.6. The molecule has 1 amide bonds. The van der Waals surface area contributed by atoms with E-state index in [-0.39, 0.29) is 18.6 Å². The molecule has 1 fully saturated rings. The first-order valence-electron chi connectivity index (χ1n) is 9.53. The second-order valence-corrected chi connectivity index (χ2v) is 7.63. The summed E-state index contributed by atoms with van der Waals surface area (Å²) in [5.74, 6) is 3.15. The van der Waals surface area contributed by atoms with Gasteiger partial charge in [0.2, 0.25) is 5.91 Å². The van der Waals surface area contributed by atoms with Crippen LogP contribution < -0.4 is 14.8 Å². The second-order valence-electron chi connectivity index (χ2n) is 7.63. The van der Waals surface area contributed by atoms with Crippen LogP contribution in [-0.2, 0) is 16.1 Å². The minimum Gasteiger partial charge on any atom is -0.497 e. The Morgan fingerprint density at radius 1 is 1.23 bits per heavy atom. The van der Waals surface area contributed by atoms with Crippen molar-refractivity contribution >= 4 is 5.91 Å². The van der Waals surface area contributed by atoms with E-state index in [1.165, 1.54) is 12.8 Å². The molecule has 5 nitrogen and oxygen atoms in total. The Bertz CT molecular complexity index is 587. The fourth-order valence-corrected chi connectivity index (χ4v) is 3.75. The van der Waals surface area contributed by atoms with Crippen LogP contribution in [0, 0.1) is 17.8 Å². The van der Waals surface area contributed by atoms with E-state index in [1.54, 1.807) is 14.2 Å². The number of hydrogen-bond acceptors (Lipinski definition) is 4. The number of amides is 1. The van der Waals surface area contributed by atoms with Gasteiger partial charge in [0.25, 0.3) is 0 Å². The van der Waals surface area contributed by atoms with Crippen LogP contribution in [0.3, 0.4) is 0 Å². The summed E-state index contributed by atoms with van der Waals surface area (Å²) in [7, 11) is 3.24. The van der Waals surface area contributed by atoms with Gasteiger partial charge in [0.15, 0.2) is 0 Å². The van der Waals surface area contributed by atoms with E-state index in [2.05, 4.69) is 26.1 Å². The molecule has 1 saturated carbocycles. The van der Waals surface area contributed by atoms with E-state index in [0.717, 1.165) is 23.5 Å². The zero-order valence-corrected chi connectivity index (χ0v) is 16.7. The summed E-state index contributed by atoms with van der Waals surface area (Å²) in [6, 6.07) is 5.55. The van der Waals surface area contributed by atoms with E-state index in [1.807, 2.05) is 18.2 Å². The van der Waals surface area contributed by atoms with Gasteiger partial charge in [-0.2, -0.15) is 0 Å². The Labute approximate surface area is 157 Å². The maximum atomic E-state index is 12.3. The van der Waals surface area contributed by atoms with Crippen LogP contribution in [0.15, 0.2) is 18.2 Å². The van der Waals surface area contributed by atoms with Gasteiger partial charge in [-0.1, -0.05) is 27.2 Å². The van der Waals surface area contributed by atoms with Crippen molar-refractivity contribution in [3.8, 4) is 11.5 Å². The number of benzene rings is 1. The van der Waals surface area contributed by atoms with Gasteiger partial charge in [0.05, 0.1) is 20.3 Å². The van der Waals surface area contributed by atoms with Crippen molar-refractivity contribution in [2.24, 2.45) is 17.8 Å². The molecule has 2 rings (SSSR count). The molecule has 1 aromatic carbocycles. The summed E-state index contributed by atoms with van der Waals surface area (Å²) < 4.78 is 16.6. The average Bonchev–Trinajstić information content (AvgIpc) is 2.64. The monoisotopic (exact) mass is 363 g/mol. The molecule has 3 atom stereocenters.